The predicted molar refractivity (Wildman–Crippen MR) is 59.0 cm³/mol. The van der Waals surface area contributed by atoms with Crippen LogP contribution in [0.4, 0.5) is 0 Å². The van der Waals surface area contributed by atoms with Gasteiger partial charge in [0.25, 0.3) is 0 Å². The van der Waals surface area contributed by atoms with Gasteiger partial charge in [-0.2, -0.15) is 0 Å². The molecule has 1 heteroatoms. The van der Waals surface area contributed by atoms with E-state index in [1.54, 1.807) is 0 Å². The van der Waals surface area contributed by atoms with Gasteiger partial charge in [-0.25, -0.2) is 0 Å². The van der Waals surface area contributed by atoms with Gasteiger partial charge >= 0.3 is 0 Å². The van der Waals surface area contributed by atoms with Crippen LogP contribution in [0.3, 0.4) is 0 Å². The molecule has 0 spiro atoms. The highest BCUT2D eigenvalue weighted by Gasteiger charge is 2.37. The van der Waals surface area contributed by atoms with E-state index in [-0.39, 0.29) is 0 Å². The van der Waals surface area contributed by atoms with Gasteiger partial charge in [-0.05, 0) is 30.4 Å². The molecule has 2 rings (SSSR count). The molecule has 1 saturated carbocycles. The fourth-order valence-corrected chi connectivity index (χ4v) is 1.91. The Morgan fingerprint density at radius 2 is 2.14 bits per heavy atom. The lowest BCUT2D eigenvalue weighted by molar-refractivity contribution is 0.673. The fourth-order valence-electron chi connectivity index (χ4n) is 1.91. The Bertz CT molecular complexity index is 323. The largest absolute Gasteiger partial charge is 0.306 e. The fraction of sp³-hybridized carbons (Fsp3) is 0.385. The second-order valence-electron chi connectivity index (χ2n) is 3.85. The molecule has 1 aromatic rings. The molecule has 0 aliphatic heterocycles. The quantitative estimate of drug-likeness (QED) is 0.559. The zero-order valence-corrected chi connectivity index (χ0v) is 8.24. The standard InChI is InChI=1S/C13H15N/c1-2-8-14-10-12-9-13(12)11-6-4-3-5-7-11/h1,3-7,12-14H,8-10H2/t12-,13-/m1/s1. The summed E-state index contributed by atoms with van der Waals surface area (Å²) in [6, 6.07) is 10.7. The van der Waals surface area contributed by atoms with E-state index >= 15 is 0 Å². The van der Waals surface area contributed by atoms with E-state index in [0.717, 1.165) is 18.4 Å². The van der Waals surface area contributed by atoms with E-state index in [1.807, 2.05) is 0 Å². The van der Waals surface area contributed by atoms with E-state index in [2.05, 4.69) is 41.6 Å². The summed E-state index contributed by atoms with van der Waals surface area (Å²) in [5.74, 6) is 4.16. The van der Waals surface area contributed by atoms with E-state index in [1.165, 1.54) is 12.0 Å². The summed E-state index contributed by atoms with van der Waals surface area (Å²) in [5.41, 5.74) is 1.47. The lowest BCUT2D eigenvalue weighted by atomic mass is 10.1. The molecule has 1 fully saturated rings. The average molecular weight is 185 g/mol. The molecule has 1 aliphatic carbocycles. The Labute approximate surface area is 85.5 Å². The molecule has 0 unspecified atom stereocenters. The van der Waals surface area contributed by atoms with E-state index in [4.69, 9.17) is 6.42 Å². The van der Waals surface area contributed by atoms with Crippen LogP contribution in [0.5, 0.6) is 0 Å². The van der Waals surface area contributed by atoms with Crippen LogP contribution in [-0.2, 0) is 0 Å². The van der Waals surface area contributed by atoms with Crippen molar-refractivity contribution in [1.82, 2.24) is 5.32 Å². The smallest absolute Gasteiger partial charge is 0.0573 e. The van der Waals surface area contributed by atoms with Crippen molar-refractivity contribution in [2.24, 2.45) is 5.92 Å². The summed E-state index contributed by atoms with van der Waals surface area (Å²) in [7, 11) is 0. The minimum atomic E-state index is 0.692. The highest BCUT2D eigenvalue weighted by Crippen LogP contribution is 2.46. The molecule has 0 heterocycles. The van der Waals surface area contributed by atoms with Gasteiger partial charge in [-0.3, -0.25) is 0 Å². The normalized spacial score (nSPS) is 24.2. The number of hydrogen-bond donors (Lipinski definition) is 1. The van der Waals surface area contributed by atoms with Gasteiger partial charge in [-0.15, -0.1) is 6.42 Å². The molecule has 2 atom stereocenters. The Balaban J connectivity index is 1.80. The molecule has 0 amide bonds. The van der Waals surface area contributed by atoms with Crippen LogP contribution < -0.4 is 5.32 Å². The van der Waals surface area contributed by atoms with Crippen molar-refractivity contribution in [3.63, 3.8) is 0 Å². The van der Waals surface area contributed by atoms with Gasteiger partial charge in [0.2, 0.25) is 0 Å². The highest BCUT2D eigenvalue weighted by molar-refractivity contribution is 5.25. The molecular weight excluding hydrogens is 170 g/mol. The number of nitrogens with one attached hydrogen (secondary N) is 1. The third-order valence-electron chi connectivity index (χ3n) is 2.78. The monoisotopic (exact) mass is 185 g/mol. The van der Waals surface area contributed by atoms with Crippen LogP contribution in [0.15, 0.2) is 30.3 Å². The maximum Gasteiger partial charge on any atom is 0.0573 e. The molecule has 1 aromatic carbocycles. The van der Waals surface area contributed by atoms with Gasteiger partial charge in [0, 0.05) is 0 Å². The van der Waals surface area contributed by atoms with E-state index < -0.39 is 0 Å². The molecule has 0 radical (unpaired) electrons. The zero-order valence-electron chi connectivity index (χ0n) is 8.24. The summed E-state index contributed by atoms with van der Waals surface area (Å²) >= 11 is 0. The van der Waals surface area contributed by atoms with Gasteiger partial charge in [0.05, 0.1) is 6.54 Å². The second kappa shape index (κ2) is 4.30. The number of rotatable bonds is 4. The lowest BCUT2D eigenvalue weighted by Crippen LogP contribution is -2.17. The zero-order chi connectivity index (χ0) is 9.80. The van der Waals surface area contributed by atoms with Gasteiger partial charge in [-0.1, -0.05) is 36.3 Å². The molecule has 0 bridgehead atoms. The third kappa shape index (κ3) is 2.16. The van der Waals surface area contributed by atoms with Crippen molar-refractivity contribution < 1.29 is 0 Å². The first kappa shape index (κ1) is 9.30. The van der Waals surface area contributed by atoms with Crippen molar-refractivity contribution in [3.8, 4) is 12.3 Å². The van der Waals surface area contributed by atoms with Gasteiger partial charge in [0.1, 0.15) is 0 Å². The number of terminal acetylenes is 1. The van der Waals surface area contributed by atoms with Gasteiger partial charge in [0.15, 0.2) is 0 Å². The van der Waals surface area contributed by atoms with E-state index in [0.29, 0.717) is 6.54 Å². The Kier molecular flexibility index (Phi) is 2.86. The molecule has 0 aromatic heterocycles. The molecule has 1 N–H and O–H groups in total. The van der Waals surface area contributed by atoms with Crippen molar-refractivity contribution >= 4 is 0 Å². The summed E-state index contributed by atoms with van der Waals surface area (Å²) < 4.78 is 0. The lowest BCUT2D eigenvalue weighted by Gasteiger charge is -2.00. The van der Waals surface area contributed by atoms with Crippen molar-refractivity contribution in [2.75, 3.05) is 13.1 Å². The average Bonchev–Trinajstić information content (AvgIpc) is 2.99. The Morgan fingerprint density at radius 1 is 1.36 bits per heavy atom. The SMILES string of the molecule is C#CCNC[C@H]1C[C@@H]1c1ccccc1. The summed E-state index contributed by atoms with van der Waals surface area (Å²) in [5, 5.41) is 3.26. The summed E-state index contributed by atoms with van der Waals surface area (Å²) in [6.07, 6.45) is 6.48. The Morgan fingerprint density at radius 3 is 2.86 bits per heavy atom. The predicted octanol–water partition coefficient (Wildman–Crippen LogP) is 2.01. The van der Waals surface area contributed by atoms with Crippen molar-refractivity contribution in [3.05, 3.63) is 35.9 Å². The Hall–Kier alpha value is -1.26. The minimum absolute atomic E-state index is 0.692. The highest BCUT2D eigenvalue weighted by atomic mass is 14.9. The first-order chi connectivity index (χ1) is 6.92. The maximum absolute atomic E-state index is 5.17. The van der Waals surface area contributed by atoms with Crippen LogP contribution in [-0.4, -0.2) is 13.1 Å². The summed E-state index contributed by atoms with van der Waals surface area (Å²) in [6.45, 7) is 1.75. The van der Waals surface area contributed by atoms with Gasteiger partial charge < -0.3 is 5.32 Å². The minimum Gasteiger partial charge on any atom is -0.306 e. The second-order valence-corrected chi connectivity index (χ2v) is 3.85. The van der Waals surface area contributed by atoms with Crippen LogP contribution in [0.2, 0.25) is 0 Å². The molecular formula is C13H15N. The van der Waals surface area contributed by atoms with Crippen molar-refractivity contribution in [1.29, 1.82) is 0 Å². The molecule has 72 valence electrons. The summed E-state index contributed by atoms with van der Waals surface area (Å²) in [4.78, 5) is 0. The molecule has 1 aliphatic rings. The number of benzene rings is 1. The third-order valence-corrected chi connectivity index (χ3v) is 2.78. The topological polar surface area (TPSA) is 12.0 Å². The van der Waals surface area contributed by atoms with Crippen LogP contribution in [0.25, 0.3) is 0 Å². The number of hydrogen-bond acceptors (Lipinski definition) is 1. The van der Waals surface area contributed by atoms with Crippen LogP contribution in [0, 0.1) is 18.3 Å². The van der Waals surface area contributed by atoms with Crippen molar-refractivity contribution in [2.45, 2.75) is 12.3 Å². The first-order valence-corrected chi connectivity index (χ1v) is 5.11. The molecule has 1 nitrogen and oxygen atoms in total. The van der Waals surface area contributed by atoms with Crippen LogP contribution in [0.1, 0.15) is 17.9 Å². The van der Waals surface area contributed by atoms with Crippen LogP contribution >= 0.6 is 0 Å². The molecule has 14 heavy (non-hydrogen) atoms. The molecule has 0 saturated heterocycles. The first-order valence-electron chi connectivity index (χ1n) is 5.11. The maximum atomic E-state index is 5.17. The van der Waals surface area contributed by atoms with E-state index in [9.17, 15) is 0 Å².